The average molecular weight is 338 g/mol. The second-order valence-electron chi connectivity index (χ2n) is 5.79. The molecule has 0 saturated carbocycles. The summed E-state index contributed by atoms with van der Waals surface area (Å²) in [7, 11) is 0. The number of rotatable bonds is 3. The second-order valence-corrected chi connectivity index (χ2v) is 6.22. The highest BCUT2D eigenvalue weighted by Crippen LogP contribution is 2.32. The minimum absolute atomic E-state index is 0.705. The molecule has 4 nitrogen and oxygen atoms in total. The van der Waals surface area contributed by atoms with Crippen LogP contribution in [0.25, 0.3) is 17.1 Å². The molecule has 0 fully saturated rings. The molecule has 120 valence electrons. The summed E-state index contributed by atoms with van der Waals surface area (Å²) in [6.07, 6.45) is 2.06. The summed E-state index contributed by atoms with van der Waals surface area (Å²) in [6, 6.07) is 15.5. The van der Waals surface area contributed by atoms with E-state index in [0.717, 1.165) is 39.9 Å². The molecule has 0 spiro atoms. The van der Waals surface area contributed by atoms with E-state index in [1.165, 1.54) is 0 Å². The number of hydrogen-bond acceptors (Lipinski definition) is 3. The van der Waals surface area contributed by atoms with Gasteiger partial charge in [-0.3, -0.25) is 4.40 Å². The maximum absolute atomic E-state index is 5.98. The third kappa shape index (κ3) is 2.65. The van der Waals surface area contributed by atoms with Gasteiger partial charge in [0.1, 0.15) is 22.9 Å². The fraction of sp³-hybridized carbons (Fsp3) is 0.105. The van der Waals surface area contributed by atoms with Crippen LogP contribution in [0.5, 0.6) is 0 Å². The van der Waals surface area contributed by atoms with Crippen molar-refractivity contribution in [3.05, 3.63) is 71.1 Å². The van der Waals surface area contributed by atoms with E-state index in [2.05, 4.69) is 18.4 Å². The van der Waals surface area contributed by atoms with Crippen LogP contribution >= 0.6 is 11.6 Å². The molecule has 0 aliphatic heterocycles. The number of aryl methyl sites for hydroxylation is 2. The van der Waals surface area contributed by atoms with Crippen molar-refractivity contribution in [2.75, 3.05) is 5.32 Å². The van der Waals surface area contributed by atoms with E-state index in [1.54, 1.807) is 0 Å². The molecule has 0 saturated heterocycles. The van der Waals surface area contributed by atoms with Crippen LogP contribution in [0.4, 0.5) is 11.5 Å². The monoisotopic (exact) mass is 337 g/mol. The van der Waals surface area contributed by atoms with Crippen molar-refractivity contribution >= 4 is 28.8 Å². The lowest BCUT2D eigenvalue weighted by Gasteiger charge is -2.08. The largest absolute Gasteiger partial charge is 0.460 e. The lowest BCUT2D eigenvalue weighted by molar-refractivity contribution is 0.547. The second kappa shape index (κ2) is 5.73. The Kier molecular flexibility index (Phi) is 3.54. The Morgan fingerprint density at radius 1 is 1.00 bits per heavy atom. The zero-order valence-electron chi connectivity index (χ0n) is 13.4. The molecule has 0 bridgehead atoms. The molecule has 0 radical (unpaired) electrons. The van der Waals surface area contributed by atoms with Gasteiger partial charge >= 0.3 is 0 Å². The first-order valence-corrected chi connectivity index (χ1v) is 8.06. The standard InChI is InChI=1S/C19H16ClN3O/c1-12-3-10-17-22-18(16-9-4-13(2)24-16)19(23(17)11-12)21-15-7-5-14(20)6-8-15/h3-11,21H,1-2H3. The van der Waals surface area contributed by atoms with Gasteiger partial charge in [-0.1, -0.05) is 17.7 Å². The fourth-order valence-corrected chi connectivity index (χ4v) is 2.80. The first-order valence-electron chi connectivity index (χ1n) is 7.68. The lowest BCUT2D eigenvalue weighted by Crippen LogP contribution is -1.97. The van der Waals surface area contributed by atoms with E-state index < -0.39 is 0 Å². The Labute approximate surface area is 144 Å². The molecule has 4 aromatic rings. The summed E-state index contributed by atoms with van der Waals surface area (Å²) in [5, 5.41) is 4.14. The molecule has 3 heterocycles. The Morgan fingerprint density at radius 2 is 1.79 bits per heavy atom. The van der Waals surface area contributed by atoms with Crippen LogP contribution < -0.4 is 5.32 Å². The summed E-state index contributed by atoms with van der Waals surface area (Å²) in [5.74, 6) is 2.46. The SMILES string of the molecule is Cc1ccc2nc(-c3ccc(C)o3)c(Nc3ccc(Cl)cc3)n2c1. The van der Waals surface area contributed by atoms with Gasteiger partial charge in [0.25, 0.3) is 0 Å². The van der Waals surface area contributed by atoms with Gasteiger partial charge in [0.15, 0.2) is 5.76 Å². The Bertz CT molecular complexity index is 1010. The number of anilines is 2. The zero-order valence-corrected chi connectivity index (χ0v) is 14.1. The van der Waals surface area contributed by atoms with Gasteiger partial charge in [-0.25, -0.2) is 4.98 Å². The minimum Gasteiger partial charge on any atom is -0.460 e. The number of benzene rings is 1. The van der Waals surface area contributed by atoms with E-state index in [-0.39, 0.29) is 0 Å². The number of aromatic nitrogens is 2. The van der Waals surface area contributed by atoms with Crippen molar-refractivity contribution < 1.29 is 4.42 Å². The van der Waals surface area contributed by atoms with Crippen molar-refractivity contribution in [1.82, 2.24) is 9.38 Å². The summed E-state index contributed by atoms with van der Waals surface area (Å²) in [6.45, 7) is 3.98. The molecule has 5 heteroatoms. The maximum atomic E-state index is 5.98. The van der Waals surface area contributed by atoms with Crippen LogP contribution in [0.2, 0.25) is 5.02 Å². The van der Waals surface area contributed by atoms with Gasteiger partial charge in [0, 0.05) is 16.9 Å². The van der Waals surface area contributed by atoms with Crippen molar-refractivity contribution in [2.45, 2.75) is 13.8 Å². The maximum Gasteiger partial charge on any atom is 0.156 e. The van der Waals surface area contributed by atoms with Crippen LogP contribution in [0.3, 0.4) is 0 Å². The zero-order chi connectivity index (χ0) is 16.7. The molecular weight excluding hydrogens is 322 g/mol. The van der Waals surface area contributed by atoms with Gasteiger partial charge in [-0.2, -0.15) is 0 Å². The average Bonchev–Trinajstić information content (AvgIpc) is 3.14. The summed E-state index contributed by atoms with van der Waals surface area (Å²) in [5.41, 5.74) is 3.73. The highest BCUT2D eigenvalue weighted by atomic mass is 35.5. The third-order valence-corrected chi connectivity index (χ3v) is 4.10. The van der Waals surface area contributed by atoms with E-state index in [9.17, 15) is 0 Å². The van der Waals surface area contributed by atoms with Gasteiger partial charge in [0.05, 0.1) is 0 Å². The number of hydrogen-bond donors (Lipinski definition) is 1. The summed E-state index contributed by atoms with van der Waals surface area (Å²) in [4.78, 5) is 4.73. The predicted molar refractivity (Wildman–Crippen MR) is 97.1 cm³/mol. The van der Waals surface area contributed by atoms with Crippen LogP contribution in [0, 0.1) is 13.8 Å². The predicted octanol–water partition coefficient (Wildman–Crippen LogP) is 5.61. The van der Waals surface area contributed by atoms with Gasteiger partial charge in [-0.15, -0.1) is 0 Å². The first kappa shape index (κ1) is 14.8. The topological polar surface area (TPSA) is 42.5 Å². The van der Waals surface area contributed by atoms with Crippen LogP contribution in [0.15, 0.2) is 59.1 Å². The third-order valence-electron chi connectivity index (χ3n) is 3.85. The number of pyridine rings is 1. The van der Waals surface area contributed by atoms with E-state index >= 15 is 0 Å². The molecule has 0 aliphatic rings. The van der Waals surface area contributed by atoms with Crippen LogP contribution in [-0.4, -0.2) is 9.38 Å². The number of nitrogens with one attached hydrogen (secondary N) is 1. The lowest BCUT2D eigenvalue weighted by atomic mass is 10.3. The molecule has 3 aromatic heterocycles. The van der Waals surface area contributed by atoms with Gasteiger partial charge in [0.2, 0.25) is 0 Å². The van der Waals surface area contributed by atoms with Crippen molar-refractivity contribution in [3.8, 4) is 11.5 Å². The molecule has 0 aliphatic carbocycles. The number of fused-ring (bicyclic) bond motifs is 1. The number of nitrogens with zero attached hydrogens (tertiary/aromatic N) is 2. The van der Waals surface area contributed by atoms with Gasteiger partial charge in [-0.05, 0) is 61.9 Å². The minimum atomic E-state index is 0.705. The Morgan fingerprint density at radius 3 is 2.50 bits per heavy atom. The Hall–Kier alpha value is -2.72. The number of imidazole rings is 1. The number of furan rings is 1. The quantitative estimate of drug-likeness (QED) is 0.528. The molecule has 4 rings (SSSR count). The Balaban J connectivity index is 1.89. The molecule has 0 unspecified atom stereocenters. The van der Waals surface area contributed by atoms with Gasteiger partial charge < -0.3 is 9.73 Å². The molecular formula is C19H16ClN3O. The fourth-order valence-electron chi connectivity index (χ4n) is 2.67. The first-order chi connectivity index (χ1) is 11.6. The van der Waals surface area contributed by atoms with Crippen LogP contribution in [-0.2, 0) is 0 Å². The summed E-state index contributed by atoms with van der Waals surface area (Å²) < 4.78 is 7.83. The molecule has 1 aromatic carbocycles. The molecule has 24 heavy (non-hydrogen) atoms. The molecule has 0 atom stereocenters. The smallest absolute Gasteiger partial charge is 0.156 e. The molecule has 1 N–H and O–H groups in total. The van der Waals surface area contributed by atoms with Crippen LogP contribution in [0.1, 0.15) is 11.3 Å². The molecule has 0 amide bonds. The highest BCUT2D eigenvalue weighted by Gasteiger charge is 2.17. The van der Waals surface area contributed by atoms with Crippen molar-refractivity contribution in [2.24, 2.45) is 0 Å². The van der Waals surface area contributed by atoms with E-state index in [4.69, 9.17) is 21.0 Å². The van der Waals surface area contributed by atoms with E-state index in [0.29, 0.717) is 5.02 Å². The van der Waals surface area contributed by atoms with Crippen molar-refractivity contribution in [3.63, 3.8) is 0 Å². The number of halogens is 1. The normalized spacial score (nSPS) is 11.1. The highest BCUT2D eigenvalue weighted by molar-refractivity contribution is 6.30. The van der Waals surface area contributed by atoms with Crippen molar-refractivity contribution in [1.29, 1.82) is 0 Å². The summed E-state index contributed by atoms with van der Waals surface area (Å²) >= 11 is 5.98. The van der Waals surface area contributed by atoms with E-state index in [1.807, 2.05) is 59.9 Å².